The van der Waals surface area contributed by atoms with E-state index < -0.39 is 0 Å². The molecule has 0 heterocycles. The van der Waals surface area contributed by atoms with Crippen LogP contribution in [0.1, 0.15) is 149 Å². The van der Waals surface area contributed by atoms with E-state index in [2.05, 4.69) is 126 Å². The summed E-state index contributed by atoms with van der Waals surface area (Å²) in [4.78, 5) is 0. The van der Waals surface area contributed by atoms with E-state index in [9.17, 15) is 0 Å². The molecule has 0 aliphatic carbocycles. The molecule has 0 amide bonds. The minimum absolute atomic E-state index is 0.105. The summed E-state index contributed by atoms with van der Waals surface area (Å²) < 4.78 is 0. The second-order valence-corrected chi connectivity index (χ2v) is 14.3. The highest BCUT2D eigenvalue weighted by atomic mass is 14.3. The molecule has 184 valence electrons. The molecular formula is C33H52. The number of benzene rings is 2. The summed E-state index contributed by atoms with van der Waals surface area (Å²) in [5.74, 6) is 0.427. The SMILES string of the molecule is CCCCC(c1ccc(C(C)(C)C)cc1C(C)(C)C)c1ccc(C(C)(C)C)cc1C(C)(C)C. The number of unbranched alkanes of at least 4 members (excludes halogenated alkanes) is 1. The molecule has 0 heteroatoms. The Labute approximate surface area is 206 Å². The monoisotopic (exact) mass is 448 g/mol. The van der Waals surface area contributed by atoms with Crippen LogP contribution < -0.4 is 0 Å². The Morgan fingerprint density at radius 1 is 0.545 bits per heavy atom. The van der Waals surface area contributed by atoms with Gasteiger partial charge in [-0.05, 0) is 61.5 Å². The van der Waals surface area contributed by atoms with E-state index >= 15 is 0 Å². The van der Waals surface area contributed by atoms with E-state index in [-0.39, 0.29) is 21.7 Å². The van der Waals surface area contributed by atoms with Crippen LogP contribution in [0.15, 0.2) is 36.4 Å². The normalized spacial score (nSPS) is 13.6. The van der Waals surface area contributed by atoms with Gasteiger partial charge >= 0.3 is 0 Å². The number of hydrogen-bond donors (Lipinski definition) is 0. The fraction of sp³-hybridized carbons (Fsp3) is 0.636. The molecule has 0 spiro atoms. The minimum atomic E-state index is 0.105. The van der Waals surface area contributed by atoms with Gasteiger partial charge in [0.2, 0.25) is 0 Å². The lowest BCUT2D eigenvalue weighted by Gasteiger charge is -2.34. The predicted octanol–water partition coefficient (Wildman–Crippen LogP) is 10.2. The fourth-order valence-corrected chi connectivity index (χ4v) is 4.84. The quantitative estimate of drug-likeness (QED) is 0.426. The van der Waals surface area contributed by atoms with Crippen LogP contribution in [0.2, 0.25) is 0 Å². The molecule has 0 aliphatic heterocycles. The molecule has 33 heavy (non-hydrogen) atoms. The second-order valence-electron chi connectivity index (χ2n) is 14.3. The van der Waals surface area contributed by atoms with Gasteiger partial charge in [-0.1, -0.05) is 139 Å². The minimum Gasteiger partial charge on any atom is -0.0654 e. The van der Waals surface area contributed by atoms with Crippen molar-refractivity contribution in [3.8, 4) is 0 Å². The first-order valence-corrected chi connectivity index (χ1v) is 13.2. The first-order valence-electron chi connectivity index (χ1n) is 13.2. The van der Waals surface area contributed by atoms with E-state index in [0.717, 1.165) is 0 Å². The molecule has 2 aromatic carbocycles. The molecule has 2 aromatic rings. The Morgan fingerprint density at radius 3 is 1.18 bits per heavy atom. The van der Waals surface area contributed by atoms with Gasteiger partial charge in [0, 0.05) is 5.92 Å². The average molecular weight is 449 g/mol. The van der Waals surface area contributed by atoms with Crippen molar-refractivity contribution in [3.63, 3.8) is 0 Å². The standard InChI is InChI=1S/C33H52/c1-14-15-16-25(26-19-17-23(30(2,3)4)21-28(26)32(8,9)10)27-20-18-24(31(5,6)7)22-29(27)33(11,12)13/h17-22,25H,14-16H2,1-13H3. The Morgan fingerprint density at radius 2 is 0.909 bits per heavy atom. The highest BCUT2D eigenvalue weighted by Crippen LogP contribution is 2.43. The zero-order valence-electron chi connectivity index (χ0n) is 24.2. The summed E-state index contributed by atoms with van der Waals surface area (Å²) in [5.41, 5.74) is 9.46. The van der Waals surface area contributed by atoms with Crippen LogP contribution in [0.25, 0.3) is 0 Å². The smallest absolute Gasteiger partial charge is 0.00952 e. The third kappa shape index (κ3) is 6.74. The van der Waals surface area contributed by atoms with E-state index in [1.165, 1.54) is 52.6 Å². The molecule has 0 saturated heterocycles. The van der Waals surface area contributed by atoms with Crippen LogP contribution in [0.5, 0.6) is 0 Å². The number of rotatable bonds is 5. The molecule has 0 aliphatic rings. The van der Waals surface area contributed by atoms with Crippen LogP contribution in [-0.4, -0.2) is 0 Å². The van der Waals surface area contributed by atoms with Crippen LogP contribution in [0.3, 0.4) is 0 Å². The van der Waals surface area contributed by atoms with Crippen molar-refractivity contribution in [1.82, 2.24) is 0 Å². The molecular weight excluding hydrogens is 396 g/mol. The average Bonchev–Trinajstić information content (AvgIpc) is 2.65. The zero-order chi connectivity index (χ0) is 25.4. The summed E-state index contributed by atoms with van der Waals surface area (Å²) in [6.45, 7) is 30.5. The Balaban J connectivity index is 2.84. The molecule has 0 N–H and O–H groups in total. The Kier molecular flexibility index (Phi) is 8.05. The lowest BCUT2D eigenvalue weighted by atomic mass is 9.70. The van der Waals surface area contributed by atoms with Crippen LogP contribution >= 0.6 is 0 Å². The Hall–Kier alpha value is -1.56. The summed E-state index contributed by atoms with van der Waals surface area (Å²) in [7, 11) is 0. The molecule has 0 saturated carbocycles. The van der Waals surface area contributed by atoms with Crippen LogP contribution in [-0.2, 0) is 21.7 Å². The molecule has 0 atom stereocenters. The third-order valence-corrected chi connectivity index (χ3v) is 7.05. The van der Waals surface area contributed by atoms with Crippen molar-refractivity contribution >= 4 is 0 Å². The summed E-state index contributed by atoms with van der Waals surface area (Å²) >= 11 is 0. The van der Waals surface area contributed by atoms with E-state index in [1.807, 2.05) is 0 Å². The molecule has 0 bridgehead atoms. The van der Waals surface area contributed by atoms with Gasteiger partial charge in [0.1, 0.15) is 0 Å². The van der Waals surface area contributed by atoms with Gasteiger partial charge in [-0.25, -0.2) is 0 Å². The van der Waals surface area contributed by atoms with Crippen molar-refractivity contribution in [1.29, 1.82) is 0 Å². The Bertz CT molecular complexity index is 854. The van der Waals surface area contributed by atoms with Gasteiger partial charge in [-0.15, -0.1) is 0 Å². The molecule has 0 radical (unpaired) electrons. The lowest BCUT2D eigenvalue weighted by Crippen LogP contribution is -2.23. The van der Waals surface area contributed by atoms with Crippen LogP contribution in [0, 0.1) is 0 Å². The number of hydrogen-bond acceptors (Lipinski definition) is 0. The fourth-order valence-electron chi connectivity index (χ4n) is 4.84. The molecule has 0 fully saturated rings. The van der Waals surface area contributed by atoms with Crippen molar-refractivity contribution in [2.24, 2.45) is 0 Å². The molecule has 0 nitrogen and oxygen atoms in total. The van der Waals surface area contributed by atoms with Crippen LogP contribution in [0.4, 0.5) is 0 Å². The van der Waals surface area contributed by atoms with Gasteiger partial charge < -0.3 is 0 Å². The molecule has 2 rings (SSSR count). The second kappa shape index (κ2) is 9.59. The van der Waals surface area contributed by atoms with E-state index in [1.54, 1.807) is 0 Å². The van der Waals surface area contributed by atoms with Gasteiger partial charge in [0.25, 0.3) is 0 Å². The highest BCUT2D eigenvalue weighted by Gasteiger charge is 2.30. The van der Waals surface area contributed by atoms with E-state index in [0.29, 0.717) is 5.92 Å². The summed E-state index contributed by atoms with van der Waals surface area (Å²) in [5, 5.41) is 0. The van der Waals surface area contributed by atoms with Crippen molar-refractivity contribution in [3.05, 3.63) is 69.8 Å². The molecule has 0 unspecified atom stereocenters. The first-order chi connectivity index (χ1) is 14.9. The largest absolute Gasteiger partial charge is 0.0654 e. The highest BCUT2D eigenvalue weighted by molar-refractivity contribution is 5.49. The lowest BCUT2D eigenvalue weighted by molar-refractivity contribution is 0.538. The summed E-state index contributed by atoms with van der Waals surface area (Å²) in [6.07, 6.45) is 3.68. The van der Waals surface area contributed by atoms with Gasteiger partial charge in [0.05, 0.1) is 0 Å². The first kappa shape index (κ1) is 27.7. The van der Waals surface area contributed by atoms with Gasteiger partial charge in [-0.2, -0.15) is 0 Å². The van der Waals surface area contributed by atoms with Crippen molar-refractivity contribution in [2.75, 3.05) is 0 Å². The predicted molar refractivity (Wildman–Crippen MR) is 149 cm³/mol. The maximum Gasteiger partial charge on any atom is 0.00952 e. The van der Waals surface area contributed by atoms with Gasteiger partial charge in [0.15, 0.2) is 0 Å². The molecule has 0 aromatic heterocycles. The topological polar surface area (TPSA) is 0 Å². The van der Waals surface area contributed by atoms with Crippen molar-refractivity contribution in [2.45, 2.75) is 137 Å². The third-order valence-electron chi connectivity index (χ3n) is 7.05. The van der Waals surface area contributed by atoms with Gasteiger partial charge in [-0.3, -0.25) is 0 Å². The maximum absolute atomic E-state index is 2.51. The maximum atomic E-state index is 2.51. The summed E-state index contributed by atoms with van der Waals surface area (Å²) in [6, 6.07) is 14.7. The van der Waals surface area contributed by atoms with Crippen molar-refractivity contribution < 1.29 is 0 Å². The zero-order valence-corrected chi connectivity index (χ0v) is 24.2. The van der Waals surface area contributed by atoms with E-state index in [4.69, 9.17) is 0 Å².